The molecule has 0 fully saturated rings. The van der Waals surface area contributed by atoms with Gasteiger partial charge in [-0.1, -0.05) is 32.4 Å². The number of hydrogen-bond acceptors (Lipinski definition) is 3. The van der Waals surface area contributed by atoms with Crippen LogP contribution >= 0.6 is 12.6 Å². The molecule has 98 valence electrons. The third-order valence-corrected chi connectivity index (χ3v) is 3.30. The topological polar surface area (TPSA) is 66.4 Å². The molecule has 5 heteroatoms. The lowest BCUT2D eigenvalue weighted by molar-refractivity contribution is -0.140. The lowest BCUT2D eigenvalue weighted by Crippen LogP contribution is -2.45. The Labute approximate surface area is 112 Å². The van der Waals surface area contributed by atoms with Gasteiger partial charge in [0.1, 0.15) is 6.04 Å². The van der Waals surface area contributed by atoms with Gasteiger partial charge in [0.2, 0.25) is 0 Å². The Hall–Kier alpha value is -1.49. The Balaban J connectivity index is 2.86. The number of rotatable bonds is 5. The fourth-order valence-electron chi connectivity index (χ4n) is 1.57. The van der Waals surface area contributed by atoms with Gasteiger partial charge in [0.05, 0.1) is 5.56 Å². The van der Waals surface area contributed by atoms with Crippen molar-refractivity contribution in [3.05, 3.63) is 29.8 Å². The van der Waals surface area contributed by atoms with E-state index in [4.69, 9.17) is 5.11 Å². The number of hydrogen-bond donors (Lipinski definition) is 3. The zero-order valence-electron chi connectivity index (χ0n) is 10.4. The molecule has 1 unspecified atom stereocenters. The first kappa shape index (κ1) is 14.6. The first-order valence-corrected chi connectivity index (χ1v) is 6.23. The number of benzene rings is 1. The first-order valence-electron chi connectivity index (χ1n) is 5.79. The van der Waals surface area contributed by atoms with E-state index in [-0.39, 0.29) is 5.92 Å². The largest absolute Gasteiger partial charge is 0.480 e. The van der Waals surface area contributed by atoms with Crippen molar-refractivity contribution in [2.45, 2.75) is 31.2 Å². The molecule has 0 aliphatic heterocycles. The summed E-state index contributed by atoms with van der Waals surface area (Å²) < 4.78 is 0. The minimum Gasteiger partial charge on any atom is -0.480 e. The highest BCUT2D eigenvalue weighted by Gasteiger charge is 2.26. The SMILES string of the molecule is CC[C@H](C)C(NC(=O)c1ccccc1S)C(=O)O. The van der Waals surface area contributed by atoms with Crippen LogP contribution in [0.3, 0.4) is 0 Å². The predicted octanol–water partition coefficient (Wildman–Crippen LogP) is 2.20. The lowest BCUT2D eigenvalue weighted by atomic mass is 9.99. The third-order valence-electron chi connectivity index (χ3n) is 2.91. The molecule has 18 heavy (non-hydrogen) atoms. The number of carbonyl (C=O) groups excluding carboxylic acids is 1. The maximum atomic E-state index is 12.0. The van der Waals surface area contributed by atoms with Gasteiger partial charge in [-0.3, -0.25) is 4.79 Å². The van der Waals surface area contributed by atoms with Crippen molar-refractivity contribution in [3.8, 4) is 0 Å². The smallest absolute Gasteiger partial charge is 0.326 e. The molecular weight excluding hydrogens is 250 g/mol. The van der Waals surface area contributed by atoms with Gasteiger partial charge in [-0.15, -0.1) is 12.6 Å². The number of carboxylic acid groups (broad SMARTS) is 1. The standard InChI is InChI=1S/C13H17NO3S/c1-3-8(2)11(13(16)17)14-12(15)9-6-4-5-7-10(9)18/h4-8,11,18H,3H2,1-2H3,(H,14,15)(H,16,17)/t8-,11?/m0/s1. The summed E-state index contributed by atoms with van der Waals surface area (Å²) in [5.74, 6) is -1.55. The van der Waals surface area contributed by atoms with E-state index in [1.807, 2.05) is 6.92 Å². The molecular formula is C13H17NO3S. The minimum absolute atomic E-state index is 0.126. The molecule has 0 aliphatic rings. The summed E-state index contributed by atoms with van der Waals surface area (Å²) in [5.41, 5.74) is 0.385. The van der Waals surface area contributed by atoms with Crippen LogP contribution in [0.2, 0.25) is 0 Å². The van der Waals surface area contributed by atoms with Crippen LogP contribution in [0.15, 0.2) is 29.2 Å². The molecule has 2 atom stereocenters. The normalized spacial score (nSPS) is 13.7. The molecule has 0 radical (unpaired) electrons. The summed E-state index contributed by atoms with van der Waals surface area (Å²) in [6, 6.07) is 5.91. The molecule has 1 rings (SSSR count). The van der Waals surface area contributed by atoms with Crippen LogP contribution in [0, 0.1) is 5.92 Å². The quantitative estimate of drug-likeness (QED) is 0.717. The number of thiol groups is 1. The summed E-state index contributed by atoms with van der Waals surface area (Å²) in [5, 5.41) is 11.6. The van der Waals surface area contributed by atoms with E-state index in [0.717, 1.165) is 0 Å². The maximum absolute atomic E-state index is 12.0. The molecule has 2 N–H and O–H groups in total. The highest BCUT2D eigenvalue weighted by atomic mass is 32.1. The second kappa shape index (κ2) is 6.44. The van der Waals surface area contributed by atoms with Crippen molar-refractivity contribution >= 4 is 24.5 Å². The maximum Gasteiger partial charge on any atom is 0.326 e. The zero-order valence-corrected chi connectivity index (χ0v) is 11.3. The molecule has 4 nitrogen and oxygen atoms in total. The van der Waals surface area contributed by atoms with E-state index >= 15 is 0 Å². The van der Waals surface area contributed by atoms with Gasteiger partial charge in [0.15, 0.2) is 0 Å². The number of nitrogens with one attached hydrogen (secondary N) is 1. The molecule has 0 aliphatic carbocycles. The number of carbonyl (C=O) groups is 2. The molecule has 0 bridgehead atoms. The van der Waals surface area contributed by atoms with Crippen LogP contribution in [0.5, 0.6) is 0 Å². The third kappa shape index (κ3) is 3.50. The van der Waals surface area contributed by atoms with Crippen LogP contribution in [0.25, 0.3) is 0 Å². The average molecular weight is 267 g/mol. The Morgan fingerprint density at radius 2 is 2.00 bits per heavy atom. The van der Waals surface area contributed by atoms with Crippen molar-refractivity contribution in [1.82, 2.24) is 5.32 Å². The Bertz CT molecular complexity index is 448. The second-order valence-electron chi connectivity index (χ2n) is 4.19. The Morgan fingerprint density at radius 1 is 1.39 bits per heavy atom. The molecule has 1 aromatic rings. The van der Waals surface area contributed by atoms with Crippen molar-refractivity contribution in [2.24, 2.45) is 5.92 Å². The van der Waals surface area contributed by atoms with E-state index in [1.54, 1.807) is 31.2 Å². The highest BCUT2D eigenvalue weighted by molar-refractivity contribution is 7.80. The van der Waals surface area contributed by atoms with Gasteiger partial charge in [0.25, 0.3) is 5.91 Å². The van der Waals surface area contributed by atoms with Gasteiger partial charge in [-0.25, -0.2) is 4.79 Å². The minimum atomic E-state index is -1.02. The van der Waals surface area contributed by atoms with Crippen LogP contribution in [-0.4, -0.2) is 23.0 Å². The number of aliphatic carboxylic acids is 1. The van der Waals surface area contributed by atoms with E-state index in [1.165, 1.54) is 0 Å². The van der Waals surface area contributed by atoms with Gasteiger partial charge in [-0.05, 0) is 18.1 Å². The molecule has 0 saturated carbocycles. The summed E-state index contributed by atoms with van der Waals surface area (Å²) >= 11 is 4.18. The van der Waals surface area contributed by atoms with Gasteiger partial charge < -0.3 is 10.4 Å². The van der Waals surface area contributed by atoms with E-state index in [2.05, 4.69) is 17.9 Å². The van der Waals surface area contributed by atoms with Crippen molar-refractivity contribution < 1.29 is 14.7 Å². The molecule has 0 heterocycles. The number of amides is 1. The summed E-state index contributed by atoms with van der Waals surface area (Å²) in [6.07, 6.45) is 0.680. The average Bonchev–Trinajstić information content (AvgIpc) is 2.35. The van der Waals surface area contributed by atoms with Crippen molar-refractivity contribution in [3.63, 3.8) is 0 Å². The lowest BCUT2D eigenvalue weighted by Gasteiger charge is -2.20. The highest BCUT2D eigenvalue weighted by Crippen LogP contribution is 2.14. The second-order valence-corrected chi connectivity index (χ2v) is 4.67. The fraction of sp³-hybridized carbons (Fsp3) is 0.385. The molecule has 0 saturated heterocycles. The van der Waals surface area contributed by atoms with Gasteiger partial charge in [-0.2, -0.15) is 0 Å². The molecule has 1 aromatic carbocycles. The zero-order chi connectivity index (χ0) is 13.7. The van der Waals surface area contributed by atoms with Crippen LogP contribution in [0.1, 0.15) is 30.6 Å². The molecule has 0 spiro atoms. The first-order chi connectivity index (χ1) is 8.47. The van der Waals surface area contributed by atoms with Gasteiger partial charge in [0, 0.05) is 4.90 Å². The summed E-state index contributed by atoms with van der Waals surface area (Å²) in [7, 11) is 0. The van der Waals surface area contributed by atoms with Crippen LogP contribution in [0.4, 0.5) is 0 Å². The van der Waals surface area contributed by atoms with Crippen LogP contribution in [-0.2, 0) is 4.79 Å². The fourth-order valence-corrected chi connectivity index (χ4v) is 1.83. The van der Waals surface area contributed by atoms with E-state index in [0.29, 0.717) is 16.9 Å². The monoisotopic (exact) mass is 267 g/mol. The van der Waals surface area contributed by atoms with Crippen molar-refractivity contribution in [2.75, 3.05) is 0 Å². The predicted molar refractivity (Wildman–Crippen MR) is 72.0 cm³/mol. The molecule has 0 aromatic heterocycles. The Kier molecular flexibility index (Phi) is 5.22. The van der Waals surface area contributed by atoms with Crippen molar-refractivity contribution in [1.29, 1.82) is 0 Å². The van der Waals surface area contributed by atoms with Crippen LogP contribution < -0.4 is 5.32 Å². The van der Waals surface area contributed by atoms with E-state index in [9.17, 15) is 9.59 Å². The van der Waals surface area contributed by atoms with Gasteiger partial charge >= 0.3 is 5.97 Å². The summed E-state index contributed by atoms with van der Waals surface area (Å²) in [6.45, 7) is 3.69. The Morgan fingerprint density at radius 3 is 2.50 bits per heavy atom. The summed E-state index contributed by atoms with van der Waals surface area (Å²) in [4.78, 5) is 23.6. The van der Waals surface area contributed by atoms with E-state index < -0.39 is 17.9 Å². The number of carboxylic acids is 1. The molecule has 1 amide bonds.